The van der Waals surface area contributed by atoms with Crippen LogP contribution in [0.5, 0.6) is 0 Å². The summed E-state index contributed by atoms with van der Waals surface area (Å²) in [6, 6.07) is 30.9. The van der Waals surface area contributed by atoms with Gasteiger partial charge in [0, 0.05) is 127 Å². The number of fused-ring (bicyclic) bond motifs is 2. The van der Waals surface area contributed by atoms with Crippen molar-refractivity contribution in [2.45, 2.75) is 114 Å². The summed E-state index contributed by atoms with van der Waals surface area (Å²) in [4.78, 5) is 34.2. The van der Waals surface area contributed by atoms with E-state index in [0.717, 1.165) is 110 Å². The molecule has 4 heterocycles. The molecule has 0 unspecified atom stereocenters. The van der Waals surface area contributed by atoms with Crippen molar-refractivity contribution in [3.05, 3.63) is 108 Å². The summed E-state index contributed by atoms with van der Waals surface area (Å²) in [7, 11) is 11.0. The molecular weight excluding hydrogens is 921 g/mol. The van der Waals surface area contributed by atoms with E-state index in [1.54, 1.807) is 0 Å². The number of rotatable bonds is 16. The Morgan fingerprint density at radius 1 is 0.548 bits per heavy atom. The first-order chi connectivity index (χ1) is 35.0. The van der Waals surface area contributed by atoms with E-state index >= 15 is 0 Å². The van der Waals surface area contributed by atoms with Gasteiger partial charge < -0.3 is 38.9 Å². The Bertz CT molecular complexity index is 2820. The molecule has 2 saturated carbocycles. The molecule has 4 aliphatic rings. The molecule has 73 heavy (non-hydrogen) atoms. The molecular formula is C60H84N10O2Si. The van der Waals surface area contributed by atoms with Crippen LogP contribution in [0.4, 0.5) is 34.4 Å². The Morgan fingerprint density at radius 2 is 0.959 bits per heavy atom. The highest BCUT2D eigenvalue weighted by Gasteiger charge is 2.37. The van der Waals surface area contributed by atoms with E-state index in [9.17, 15) is 5.11 Å². The average Bonchev–Trinajstić information content (AvgIpc) is 4.33. The smallest absolute Gasteiger partial charge is 0.192 e. The van der Waals surface area contributed by atoms with Crippen LogP contribution in [0.1, 0.15) is 119 Å². The molecule has 0 amide bonds. The van der Waals surface area contributed by atoms with Crippen molar-refractivity contribution in [3.63, 3.8) is 0 Å². The monoisotopic (exact) mass is 1000 g/mol. The van der Waals surface area contributed by atoms with Crippen LogP contribution >= 0.6 is 0 Å². The minimum atomic E-state index is -1.76. The lowest BCUT2D eigenvalue weighted by Crippen LogP contribution is -2.42. The zero-order valence-electron chi connectivity index (χ0n) is 46.0. The summed E-state index contributed by atoms with van der Waals surface area (Å²) in [6.45, 7) is 17.9. The van der Waals surface area contributed by atoms with Crippen molar-refractivity contribution in [1.29, 1.82) is 0 Å². The van der Waals surface area contributed by atoms with Gasteiger partial charge in [-0.3, -0.25) is 0 Å². The van der Waals surface area contributed by atoms with E-state index in [1.807, 2.05) is 7.05 Å². The maximum atomic E-state index is 9.37. The highest BCUT2D eigenvalue weighted by atomic mass is 28.4. The molecule has 2 aliphatic carbocycles. The molecule has 12 nitrogen and oxygen atoms in total. The SMILES string of the molecule is CN(C)c1ccccc1C1CCN(c2nc(C3CC3)nc3ccc(N(C)CCO)cc23)CC1.CN(C)c1ccccc1C1CCN(c2nc(C3CC3)nc3ccc(N(C)CCO[Si](C)(C)C(C)(C)C)cc23)CC1. The van der Waals surface area contributed by atoms with Gasteiger partial charge >= 0.3 is 0 Å². The van der Waals surface area contributed by atoms with Crippen molar-refractivity contribution in [2.24, 2.45) is 0 Å². The number of likely N-dealkylation sites (N-methyl/N-ethyl adjacent to an activating group) is 2. The van der Waals surface area contributed by atoms with Gasteiger partial charge in [-0.1, -0.05) is 57.2 Å². The fraction of sp³-hybridized carbons (Fsp3) is 0.533. The van der Waals surface area contributed by atoms with Gasteiger partial charge in [0.05, 0.1) is 24.2 Å². The Morgan fingerprint density at radius 3 is 1.34 bits per heavy atom. The van der Waals surface area contributed by atoms with E-state index in [2.05, 4.69) is 183 Å². The number of aliphatic hydroxyl groups is 1. The van der Waals surface area contributed by atoms with Crippen LogP contribution in [0.3, 0.4) is 0 Å². The van der Waals surface area contributed by atoms with Crippen LogP contribution in [-0.2, 0) is 4.43 Å². The van der Waals surface area contributed by atoms with Crippen LogP contribution in [0.15, 0.2) is 84.9 Å². The summed E-state index contributed by atoms with van der Waals surface area (Å²) in [5.74, 6) is 6.45. The Hall–Kier alpha value is -5.50. The molecule has 2 aromatic heterocycles. The van der Waals surface area contributed by atoms with Gasteiger partial charge in [-0.2, -0.15) is 0 Å². The van der Waals surface area contributed by atoms with Gasteiger partial charge in [-0.15, -0.1) is 0 Å². The predicted octanol–water partition coefficient (Wildman–Crippen LogP) is 11.8. The highest BCUT2D eigenvalue weighted by Crippen LogP contribution is 2.44. The summed E-state index contributed by atoms with van der Waals surface area (Å²) in [5.41, 5.74) is 10.00. The first kappa shape index (κ1) is 52.4. The van der Waals surface area contributed by atoms with Crippen molar-refractivity contribution >= 4 is 64.5 Å². The molecule has 390 valence electrons. The van der Waals surface area contributed by atoms with E-state index in [4.69, 9.17) is 24.4 Å². The molecule has 13 heteroatoms. The molecule has 0 bridgehead atoms. The number of benzene rings is 4. The molecule has 1 N–H and O–H groups in total. The highest BCUT2D eigenvalue weighted by molar-refractivity contribution is 6.74. The van der Waals surface area contributed by atoms with Gasteiger partial charge in [0.25, 0.3) is 0 Å². The first-order valence-electron chi connectivity index (χ1n) is 27.3. The third-order valence-electron chi connectivity index (χ3n) is 16.6. The largest absolute Gasteiger partial charge is 0.415 e. The minimum absolute atomic E-state index is 0.139. The van der Waals surface area contributed by atoms with Crippen LogP contribution in [0.25, 0.3) is 21.8 Å². The Balaban J connectivity index is 0.000000183. The normalized spacial score (nSPS) is 16.9. The fourth-order valence-corrected chi connectivity index (χ4v) is 11.6. The second kappa shape index (κ2) is 22.1. The first-order valence-corrected chi connectivity index (χ1v) is 30.2. The molecule has 0 spiro atoms. The Labute approximate surface area is 437 Å². The number of piperidine rings is 2. The van der Waals surface area contributed by atoms with Crippen molar-refractivity contribution in [1.82, 2.24) is 19.9 Å². The van der Waals surface area contributed by atoms with Crippen molar-refractivity contribution < 1.29 is 9.53 Å². The molecule has 2 aliphatic heterocycles. The van der Waals surface area contributed by atoms with Gasteiger partial charge in [0.15, 0.2) is 8.32 Å². The number of para-hydroxylation sites is 2. The summed E-state index contributed by atoms with van der Waals surface area (Å²) in [6.07, 6.45) is 9.35. The molecule has 0 atom stereocenters. The topological polar surface area (TPSA) is 100 Å². The molecule has 10 rings (SSSR count). The molecule has 4 fully saturated rings. The van der Waals surface area contributed by atoms with Crippen molar-refractivity contribution in [3.8, 4) is 0 Å². The van der Waals surface area contributed by atoms with Gasteiger partial charge in [-0.25, -0.2) is 19.9 Å². The summed E-state index contributed by atoms with van der Waals surface area (Å²) < 4.78 is 6.47. The number of aliphatic hydroxyl groups excluding tert-OH is 1. The van der Waals surface area contributed by atoms with Crippen LogP contribution in [0, 0.1) is 0 Å². The number of anilines is 6. The number of nitrogens with zero attached hydrogens (tertiary/aromatic N) is 10. The van der Waals surface area contributed by atoms with E-state index in [0.29, 0.717) is 30.2 Å². The maximum absolute atomic E-state index is 9.37. The lowest BCUT2D eigenvalue weighted by Gasteiger charge is -2.36. The van der Waals surface area contributed by atoms with Crippen LogP contribution in [0.2, 0.25) is 18.1 Å². The zero-order valence-corrected chi connectivity index (χ0v) is 47.0. The van der Waals surface area contributed by atoms with Crippen LogP contribution < -0.4 is 29.4 Å². The summed E-state index contributed by atoms with van der Waals surface area (Å²) in [5, 5.41) is 11.9. The van der Waals surface area contributed by atoms with E-state index in [1.165, 1.54) is 59.3 Å². The van der Waals surface area contributed by atoms with Crippen LogP contribution in [-0.4, -0.2) is 128 Å². The van der Waals surface area contributed by atoms with E-state index in [-0.39, 0.29) is 11.6 Å². The standard InChI is InChI=1S/C33H49N5OSi.C27H35N5O/c1-33(2,3)40(7,8)39-22-21-37(6)26-15-16-29-28(23-26)32(35-31(34-29)25-13-14-25)38-19-17-24(18-20-38)27-11-9-10-12-30(27)36(4)5;1-30(2)25-7-5-4-6-22(25)19-12-14-32(15-13-19)27-23-18-21(31(3)16-17-33)10-11-24(23)28-26(29-27)20-8-9-20/h9-12,15-16,23-25H,13-14,17-22H2,1-8H3;4-7,10-11,18-20,33H,8-9,12-17H2,1-3H3. The van der Waals surface area contributed by atoms with Crippen molar-refractivity contribution in [2.75, 3.05) is 124 Å². The minimum Gasteiger partial charge on any atom is -0.415 e. The lowest BCUT2D eigenvalue weighted by atomic mass is 9.88. The fourth-order valence-electron chi connectivity index (χ4n) is 10.6. The predicted molar refractivity (Wildman–Crippen MR) is 310 cm³/mol. The third kappa shape index (κ3) is 12.1. The average molecular weight is 1010 g/mol. The quantitative estimate of drug-likeness (QED) is 0.0935. The zero-order chi connectivity index (χ0) is 51.6. The second-order valence-electron chi connectivity index (χ2n) is 23.4. The number of aromatic nitrogens is 4. The van der Waals surface area contributed by atoms with E-state index < -0.39 is 8.32 Å². The number of hydrogen-bond donors (Lipinski definition) is 1. The third-order valence-corrected chi connectivity index (χ3v) is 21.1. The molecule has 4 aromatic carbocycles. The van der Waals surface area contributed by atoms with Gasteiger partial charge in [0.1, 0.15) is 23.3 Å². The van der Waals surface area contributed by atoms with Gasteiger partial charge in [-0.05, 0) is 141 Å². The summed E-state index contributed by atoms with van der Waals surface area (Å²) >= 11 is 0. The molecule has 2 saturated heterocycles. The molecule has 6 aromatic rings. The Kier molecular flexibility index (Phi) is 15.9. The molecule has 0 radical (unpaired) electrons. The second-order valence-corrected chi connectivity index (χ2v) is 28.2. The number of hydrogen-bond acceptors (Lipinski definition) is 12. The maximum Gasteiger partial charge on any atom is 0.192 e. The van der Waals surface area contributed by atoms with Gasteiger partial charge in [0.2, 0.25) is 0 Å². The lowest BCUT2D eigenvalue weighted by molar-refractivity contribution is 0.296.